The van der Waals surface area contributed by atoms with Gasteiger partial charge in [0.15, 0.2) is 11.5 Å². The number of ether oxygens (including phenoxy) is 3. The summed E-state index contributed by atoms with van der Waals surface area (Å²) in [5, 5.41) is 2.72. The Morgan fingerprint density at radius 2 is 1.64 bits per heavy atom. The molecule has 1 amide bonds. The van der Waals surface area contributed by atoms with Crippen molar-refractivity contribution in [3.63, 3.8) is 0 Å². The molecule has 0 bridgehead atoms. The second-order valence-electron chi connectivity index (χ2n) is 6.98. The highest BCUT2D eigenvalue weighted by atomic mass is 16.6. The van der Waals surface area contributed by atoms with E-state index in [1.54, 1.807) is 83.5 Å². The molecule has 2 aromatic rings. The molecule has 0 atom stereocenters. The molecule has 0 spiro atoms. The first-order valence-electron chi connectivity index (χ1n) is 8.77. The van der Waals surface area contributed by atoms with Gasteiger partial charge in [-0.25, -0.2) is 4.79 Å². The van der Waals surface area contributed by atoms with Crippen LogP contribution in [0.1, 0.15) is 36.7 Å². The maximum Gasteiger partial charge on any atom is 0.340 e. The fourth-order valence-corrected chi connectivity index (χ4v) is 2.41. The van der Waals surface area contributed by atoms with Crippen molar-refractivity contribution in [1.29, 1.82) is 0 Å². The van der Waals surface area contributed by atoms with Crippen LogP contribution in [0.4, 0.5) is 5.69 Å². The van der Waals surface area contributed by atoms with E-state index in [4.69, 9.17) is 14.2 Å². The number of hydrogen-bond acceptors (Lipinski definition) is 5. The maximum absolute atomic E-state index is 12.4. The molecule has 0 aromatic heterocycles. The van der Waals surface area contributed by atoms with Crippen molar-refractivity contribution in [2.24, 2.45) is 0 Å². The van der Waals surface area contributed by atoms with Crippen LogP contribution >= 0.6 is 0 Å². The lowest BCUT2D eigenvalue weighted by atomic mass is 10.1. The van der Waals surface area contributed by atoms with E-state index < -0.39 is 11.6 Å². The lowest BCUT2D eigenvalue weighted by Crippen LogP contribution is -2.24. The number of benzene rings is 2. The maximum atomic E-state index is 12.4. The number of hydrogen-bond donors (Lipinski definition) is 1. The number of anilines is 1. The summed E-state index contributed by atoms with van der Waals surface area (Å²) in [6, 6.07) is 12.0. The van der Waals surface area contributed by atoms with Gasteiger partial charge in [0, 0.05) is 6.08 Å². The van der Waals surface area contributed by atoms with E-state index in [2.05, 4.69) is 5.32 Å². The molecule has 0 aliphatic carbocycles. The van der Waals surface area contributed by atoms with Gasteiger partial charge in [-0.3, -0.25) is 4.79 Å². The van der Waals surface area contributed by atoms with Crippen molar-refractivity contribution in [2.45, 2.75) is 26.4 Å². The van der Waals surface area contributed by atoms with Gasteiger partial charge < -0.3 is 19.5 Å². The molecule has 2 rings (SSSR count). The van der Waals surface area contributed by atoms with E-state index in [1.807, 2.05) is 0 Å². The van der Waals surface area contributed by atoms with E-state index in [0.717, 1.165) is 5.56 Å². The smallest absolute Gasteiger partial charge is 0.340 e. The molecule has 6 nitrogen and oxygen atoms in total. The molecular formula is C22H25NO5. The van der Waals surface area contributed by atoms with Crippen molar-refractivity contribution >= 4 is 23.6 Å². The van der Waals surface area contributed by atoms with Crippen molar-refractivity contribution in [3.8, 4) is 11.5 Å². The minimum atomic E-state index is -0.623. The van der Waals surface area contributed by atoms with Gasteiger partial charge >= 0.3 is 5.97 Å². The van der Waals surface area contributed by atoms with Gasteiger partial charge in [-0.05, 0) is 56.7 Å². The highest BCUT2D eigenvalue weighted by Crippen LogP contribution is 2.28. The van der Waals surface area contributed by atoms with Crippen molar-refractivity contribution < 1.29 is 23.8 Å². The second-order valence-corrected chi connectivity index (χ2v) is 6.98. The number of para-hydroxylation sites is 1. The van der Waals surface area contributed by atoms with Crippen molar-refractivity contribution in [3.05, 3.63) is 59.7 Å². The molecular weight excluding hydrogens is 358 g/mol. The lowest BCUT2D eigenvalue weighted by molar-refractivity contribution is -0.111. The number of amides is 1. The zero-order chi connectivity index (χ0) is 20.7. The summed E-state index contributed by atoms with van der Waals surface area (Å²) >= 11 is 0. The van der Waals surface area contributed by atoms with Gasteiger partial charge in [0.2, 0.25) is 5.91 Å². The van der Waals surface area contributed by atoms with Gasteiger partial charge in [0.05, 0.1) is 25.5 Å². The minimum Gasteiger partial charge on any atom is -0.493 e. The van der Waals surface area contributed by atoms with Crippen LogP contribution in [-0.4, -0.2) is 31.7 Å². The predicted molar refractivity (Wildman–Crippen MR) is 109 cm³/mol. The van der Waals surface area contributed by atoms with E-state index in [9.17, 15) is 9.59 Å². The molecule has 28 heavy (non-hydrogen) atoms. The normalized spacial score (nSPS) is 11.2. The van der Waals surface area contributed by atoms with Gasteiger partial charge in [0.25, 0.3) is 0 Å². The summed E-state index contributed by atoms with van der Waals surface area (Å²) in [6.45, 7) is 5.37. The zero-order valence-electron chi connectivity index (χ0n) is 16.7. The van der Waals surface area contributed by atoms with Crippen LogP contribution in [0.15, 0.2) is 48.5 Å². The summed E-state index contributed by atoms with van der Waals surface area (Å²) < 4.78 is 15.8. The van der Waals surface area contributed by atoms with Crippen LogP contribution in [0, 0.1) is 0 Å². The number of nitrogens with one attached hydrogen (secondary N) is 1. The third-order valence-corrected chi connectivity index (χ3v) is 3.64. The molecule has 0 aliphatic heterocycles. The molecule has 2 aromatic carbocycles. The average Bonchev–Trinajstić information content (AvgIpc) is 2.65. The van der Waals surface area contributed by atoms with E-state index in [-0.39, 0.29) is 5.91 Å². The van der Waals surface area contributed by atoms with Crippen LogP contribution in [0.3, 0.4) is 0 Å². The van der Waals surface area contributed by atoms with Gasteiger partial charge in [-0.2, -0.15) is 0 Å². The fourth-order valence-electron chi connectivity index (χ4n) is 2.41. The third kappa shape index (κ3) is 5.87. The van der Waals surface area contributed by atoms with E-state index in [0.29, 0.717) is 22.7 Å². The number of esters is 1. The molecule has 0 radical (unpaired) electrons. The van der Waals surface area contributed by atoms with Crippen LogP contribution < -0.4 is 14.8 Å². The Morgan fingerprint density at radius 3 is 2.29 bits per heavy atom. The molecule has 0 heterocycles. The summed E-state index contributed by atoms with van der Waals surface area (Å²) in [5.74, 6) is 0.314. The molecule has 1 N–H and O–H groups in total. The summed E-state index contributed by atoms with van der Waals surface area (Å²) in [5.41, 5.74) is 0.832. The quantitative estimate of drug-likeness (QED) is 0.594. The molecule has 148 valence electrons. The second kappa shape index (κ2) is 9.08. The summed E-state index contributed by atoms with van der Waals surface area (Å²) in [6.07, 6.45) is 3.03. The standard InChI is InChI=1S/C22H25NO5/c1-22(2,3)28-21(25)16-8-6-7-9-17(16)23-20(24)13-11-15-10-12-18(26-4)19(14-15)27-5/h6-14H,1-5H3,(H,23,24). The predicted octanol–water partition coefficient (Wildman–Crippen LogP) is 4.31. The molecule has 0 saturated heterocycles. The van der Waals surface area contributed by atoms with Gasteiger partial charge in [-0.1, -0.05) is 18.2 Å². The zero-order valence-corrected chi connectivity index (χ0v) is 16.7. The molecule has 0 aliphatic rings. The van der Waals surface area contributed by atoms with Crippen LogP contribution in [0.25, 0.3) is 6.08 Å². The van der Waals surface area contributed by atoms with Crippen LogP contribution in [0.5, 0.6) is 11.5 Å². The number of carbonyl (C=O) groups excluding carboxylic acids is 2. The highest BCUT2D eigenvalue weighted by molar-refractivity contribution is 6.06. The first kappa shape index (κ1) is 21.0. The van der Waals surface area contributed by atoms with Crippen molar-refractivity contribution in [1.82, 2.24) is 0 Å². The Kier molecular flexibility index (Phi) is 6.82. The number of carbonyl (C=O) groups is 2. The molecule has 0 unspecified atom stereocenters. The summed E-state index contributed by atoms with van der Waals surface area (Å²) in [7, 11) is 3.11. The lowest BCUT2D eigenvalue weighted by Gasteiger charge is -2.20. The minimum absolute atomic E-state index is 0.297. The largest absolute Gasteiger partial charge is 0.493 e. The Hall–Kier alpha value is -3.28. The molecule has 0 saturated carbocycles. The monoisotopic (exact) mass is 383 g/mol. The SMILES string of the molecule is COc1ccc(C=CC(=O)Nc2ccccc2C(=O)OC(C)(C)C)cc1OC. The first-order chi connectivity index (χ1) is 13.2. The van der Waals surface area contributed by atoms with Crippen molar-refractivity contribution in [2.75, 3.05) is 19.5 Å². The van der Waals surface area contributed by atoms with Gasteiger partial charge in [0.1, 0.15) is 5.60 Å². The molecule has 0 fully saturated rings. The van der Waals surface area contributed by atoms with Gasteiger partial charge in [-0.15, -0.1) is 0 Å². The number of rotatable bonds is 6. The van der Waals surface area contributed by atoms with Crippen LogP contribution in [0.2, 0.25) is 0 Å². The Balaban J connectivity index is 2.13. The van der Waals surface area contributed by atoms with E-state index >= 15 is 0 Å². The number of methoxy groups -OCH3 is 2. The third-order valence-electron chi connectivity index (χ3n) is 3.64. The average molecular weight is 383 g/mol. The Bertz CT molecular complexity index is 881. The van der Waals surface area contributed by atoms with E-state index in [1.165, 1.54) is 6.08 Å². The topological polar surface area (TPSA) is 73.9 Å². The Morgan fingerprint density at radius 1 is 0.964 bits per heavy atom. The fraction of sp³-hybridized carbons (Fsp3) is 0.273. The summed E-state index contributed by atoms with van der Waals surface area (Å²) in [4.78, 5) is 24.7. The first-order valence-corrected chi connectivity index (χ1v) is 8.77. The van der Waals surface area contributed by atoms with Crippen LogP contribution in [-0.2, 0) is 9.53 Å². The Labute approximate surface area is 165 Å². The highest BCUT2D eigenvalue weighted by Gasteiger charge is 2.20. The molecule has 6 heteroatoms.